The summed E-state index contributed by atoms with van der Waals surface area (Å²) < 4.78 is 34.3. The minimum Gasteiger partial charge on any atom is -0.495 e. The van der Waals surface area contributed by atoms with Gasteiger partial charge in [0.25, 0.3) is 0 Å². The highest BCUT2D eigenvalue weighted by Crippen LogP contribution is 2.28. The summed E-state index contributed by atoms with van der Waals surface area (Å²) >= 11 is 7.51. The van der Waals surface area contributed by atoms with Crippen LogP contribution in [-0.4, -0.2) is 32.5 Å². The molecule has 1 aromatic heterocycles. The minimum absolute atomic E-state index is 0.0876. The van der Waals surface area contributed by atoms with Crippen LogP contribution in [-0.2, 0) is 14.8 Å². The monoisotopic (exact) mass is 467 g/mol. The Kier molecular flexibility index (Phi) is 6.66. The average Bonchev–Trinajstić information content (AvgIpc) is 3.05. The molecule has 0 bridgehead atoms. The first-order chi connectivity index (χ1) is 14.1. The van der Waals surface area contributed by atoms with Crippen LogP contribution in [0.25, 0.3) is 10.2 Å². The van der Waals surface area contributed by atoms with Gasteiger partial charge in [-0.2, -0.15) is 4.72 Å². The molecule has 0 spiro atoms. The molecule has 1 heterocycles. The van der Waals surface area contributed by atoms with Gasteiger partial charge in [-0.25, -0.2) is 13.4 Å². The van der Waals surface area contributed by atoms with Crippen LogP contribution >= 0.6 is 22.9 Å². The number of ether oxygens (including phenoxy) is 1. The van der Waals surface area contributed by atoms with E-state index in [9.17, 15) is 13.2 Å². The Labute approximate surface area is 184 Å². The number of aryl methyl sites for hydroxylation is 1. The normalized spacial score (nSPS) is 12.9. The topological polar surface area (TPSA) is 97.4 Å². The largest absolute Gasteiger partial charge is 0.495 e. The van der Waals surface area contributed by atoms with E-state index in [1.54, 1.807) is 44.2 Å². The maximum Gasteiger partial charge on any atom is 0.242 e. The molecule has 1 atom stereocenters. The summed E-state index contributed by atoms with van der Waals surface area (Å²) in [5, 5.41) is 3.90. The Morgan fingerprint density at radius 3 is 2.57 bits per heavy atom. The Bertz CT molecular complexity index is 1190. The number of methoxy groups -OCH3 is 1. The maximum absolute atomic E-state index is 12.9. The zero-order valence-electron chi connectivity index (χ0n) is 16.9. The number of thiazole rings is 1. The second kappa shape index (κ2) is 8.89. The summed E-state index contributed by atoms with van der Waals surface area (Å²) in [7, 11) is -2.43. The quantitative estimate of drug-likeness (QED) is 0.542. The van der Waals surface area contributed by atoms with Crippen LogP contribution in [0.4, 0.5) is 5.69 Å². The van der Waals surface area contributed by atoms with Gasteiger partial charge >= 0.3 is 0 Å². The number of aromatic nitrogens is 1. The van der Waals surface area contributed by atoms with Crippen LogP contribution in [0, 0.1) is 12.8 Å². The lowest BCUT2D eigenvalue weighted by Gasteiger charge is -2.22. The van der Waals surface area contributed by atoms with E-state index >= 15 is 0 Å². The Morgan fingerprint density at radius 1 is 1.20 bits per heavy atom. The fraction of sp³-hybridized carbons (Fsp3) is 0.300. The standard InChI is InChI=1S/C20H22ClN3O4S2/c1-11(2)19(20(25)23-13-5-8-17(28-4)15(21)9-13)24-30(26,27)14-6-7-16-18(10-14)29-12(3)22-16/h5-11,19,24H,1-4H3,(H,23,25)/t19-/m1/s1. The van der Waals surface area contributed by atoms with Crippen LogP contribution in [0.2, 0.25) is 5.02 Å². The van der Waals surface area contributed by atoms with Gasteiger partial charge in [-0.05, 0) is 49.2 Å². The zero-order valence-corrected chi connectivity index (χ0v) is 19.3. The van der Waals surface area contributed by atoms with Gasteiger partial charge in [0, 0.05) is 5.69 Å². The van der Waals surface area contributed by atoms with E-state index in [0.29, 0.717) is 16.5 Å². The molecule has 10 heteroatoms. The van der Waals surface area contributed by atoms with Crippen molar-refractivity contribution in [2.75, 3.05) is 12.4 Å². The highest BCUT2D eigenvalue weighted by atomic mass is 35.5. The molecular weight excluding hydrogens is 446 g/mol. The van der Waals surface area contributed by atoms with Crippen molar-refractivity contribution in [3.05, 3.63) is 46.4 Å². The second-order valence-electron chi connectivity index (χ2n) is 7.04. The number of hydrogen-bond donors (Lipinski definition) is 2. The minimum atomic E-state index is -3.92. The van der Waals surface area contributed by atoms with Crippen LogP contribution in [0.3, 0.4) is 0 Å². The molecule has 3 aromatic rings. The van der Waals surface area contributed by atoms with Crippen molar-refractivity contribution in [1.82, 2.24) is 9.71 Å². The van der Waals surface area contributed by atoms with Gasteiger partial charge in [0.2, 0.25) is 15.9 Å². The van der Waals surface area contributed by atoms with E-state index in [1.807, 2.05) is 6.92 Å². The smallest absolute Gasteiger partial charge is 0.242 e. The Hall–Kier alpha value is -2.20. The number of rotatable bonds is 7. The number of amides is 1. The molecule has 160 valence electrons. The molecule has 0 aliphatic rings. The molecule has 0 unspecified atom stereocenters. The lowest BCUT2D eigenvalue weighted by Crippen LogP contribution is -2.47. The third kappa shape index (κ3) is 4.92. The SMILES string of the molecule is COc1ccc(NC(=O)[C@H](NS(=O)(=O)c2ccc3nc(C)sc3c2)C(C)C)cc1Cl. The molecule has 0 saturated carbocycles. The molecule has 1 amide bonds. The Balaban J connectivity index is 1.82. The van der Waals surface area contributed by atoms with Gasteiger partial charge in [-0.3, -0.25) is 4.79 Å². The van der Waals surface area contributed by atoms with Crippen LogP contribution in [0.1, 0.15) is 18.9 Å². The molecule has 7 nitrogen and oxygen atoms in total. The number of fused-ring (bicyclic) bond motifs is 1. The summed E-state index contributed by atoms with van der Waals surface area (Å²) in [5.74, 6) is -0.295. The molecule has 30 heavy (non-hydrogen) atoms. The molecule has 2 aromatic carbocycles. The third-order valence-corrected chi connectivity index (χ3v) is 7.10. The van der Waals surface area contributed by atoms with Crippen LogP contribution in [0.5, 0.6) is 5.75 Å². The van der Waals surface area contributed by atoms with E-state index in [-0.39, 0.29) is 10.8 Å². The number of nitrogens with one attached hydrogen (secondary N) is 2. The van der Waals surface area contributed by atoms with Crippen molar-refractivity contribution in [2.45, 2.75) is 31.7 Å². The zero-order chi connectivity index (χ0) is 22.1. The summed E-state index contributed by atoms with van der Waals surface area (Å²) in [4.78, 5) is 17.3. The van der Waals surface area contributed by atoms with Gasteiger partial charge < -0.3 is 10.1 Å². The highest BCUT2D eigenvalue weighted by molar-refractivity contribution is 7.89. The fourth-order valence-electron chi connectivity index (χ4n) is 2.88. The van der Waals surface area contributed by atoms with Crippen molar-refractivity contribution >= 4 is 54.8 Å². The fourth-order valence-corrected chi connectivity index (χ4v) is 5.45. The van der Waals surface area contributed by atoms with E-state index in [0.717, 1.165) is 15.2 Å². The number of carbonyl (C=O) groups is 1. The predicted octanol–water partition coefficient (Wildman–Crippen LogP) is 4.21. The van der Waals surface area contributed by atoms with Crippen LogP contribution in [0.15, 0.2) is 41.3 Å². The maximum atomic E-state index is 12.9. The van der Waals surface area contributed by atoms with E-state index in [1.165, 1.54) is 24.5 Å². The highest BCUT2D eigenvalue weighted by Gasteiger charge is 2.29. The molecule has 3 rings (SSSR count). The van der Waals surface area contributed by atoms with Gasteiger partial charge in [-0.15, -0.1) is 11.3 Å². The molecule has 0 saturated heterocycles. The van der Waals surface area contributed by atoms with Crippen molar-refractivity contribution in [3.63, 3.8) is 0 Å². The molecule has 0 aliphatic heterocycles. The summed E-state index contributed by atoms with van der Waals surface area (Å²) in [6.07, 6.45) is 0. The summed E-state index contributed by atoms with van der Waals surface area (Å²) in [6, 6.07) is 8.55. The second-order valence-corrected chi connectivity index (χ2v) is 10.4. The predicted molar refractivity (Wildman–Crippen MR) is 120 cm³/mol. The lowest BCUT2D eigenvalue weighted by atomic mass is 10.0. The van der Waals surface area contributed by atoms with Gasteiger partial charge in [0.15, 0.2) is 0 Å². The molecule has 2 N–H and O–H groups in total. The molecule has 0 fully saturated rings. The van der Waals surface area contributed by atoms with Crippen molar-refractivity contribution in [2.24, 2.45) is 5.92 Å². The first kappa shape index (κ1) is 22.5. The van der Waals surface area contributed by atoms with E-state index in [4.69, 9.17) is 16.3 Å². The number of anilines is 1. The van der Waals surface area contributed by atoms with Crippen molar-refractivity contribution in [3.8, 4) is 5.75 Å². The summed E-state index contributed by atoms with van der Waals surface area (Å²) in [5.41, 5.74) is 1.18. The van der Waals surface area contributed by atoms with E-state index in [2.05, 4.69) is 15.0 Å². The van der Waals surface area contributed by atoms with Gasteiger partial charge in [0.05, 0.1) is 32.3 Å². The number of halogens is 1. The van der Waals surface area contributed by atoms with Crippen LogP contribution < -0.4 is 14.8 Å². The lowest BCUT2D eigenvalue weighted by molar-refractivity contribution is -0.118. The number of carbonyl (C=O) groups excluding carboxylic acids is 1. The van der Waals surface area contributed by atoms with Gasteiger partial charge in [-0.1, -0.05) is 25.4 Å². The third-order valence-electron chi connectivity index (χ3n) is 4.43. The first-order valence-electron chi connectivity index (χ1n) is 9.14. The molecular formula is C20H22ClN3O4S2. The van der Waals surface area contributed by atoms with E-state index < -0.39 is 22.0 Å². The number of nitrogens with zero attached hydrogens (tertiary/aromatic N) is 1. The number of sulfonamides is 1. The Morgan fingerprint density at radius 2 is 1.93 bits per heavy atom. The number of hydrogen-bond acceptors (Lipinski definition) is 6. The average molecular weight is 468 g/mol. The van der Waals surface area contributed by atoms with Gasteiger partial charge in [0.1, 0.15) is 11.8 Å². The van der Waals surface area contributed by atoms with Crippen molar-refractivity contribution < 1.29 is 17.9 Å². The van der Waals surface area contributed by atoms with Crippen molar-refractivity contribution in [1.29, 1.82) is 0 Å². The molecule has 0 aliphatic carbocycles. The summed E-state index contributed by atoms with van der Waals surface area (Å²) in [6.45, 7) is 5.40. The number of benzene rings is 2. The first-order valence-corrected chi connectivity index (χ1v) is 11.8. The molecule has 0 radical (unpaired) electrons.